The Balaban J connectivity index is 1.04. The van der Waals surface area contributed by atoms with Gasteiger partial charge in [-0.25, -0.2) is 0 Å². The molecule has 0 amide bonds. The molecule has 0 aliphatic rings. The number of fused-ring (bicyclic) bond motifs is 6. The summed E-state index contributed by atoms with van der Waals surface area (Å²) < 4.78 is 2.49. The standard InChI is InChI=1S/C68H46N2/c1-4-18-47(19-5-1)49-34-38-56(39-35-49)69(67-43-37-55(45-64(67)51-23-8-3-9-24-51)54-33-32-48-20-10-11-26-53(48)44-54)57-40-42-59(63(46-57)50-21-6-2-7-22-50)60-28-14-16-30-65(60)70-66-31-17-15-29-61(66)62-41-36-52-25-12-13-27-58(52)68(62)70/h1-46H. The van der Waals surface area contributed by atoms with E-state index in [0.29, 0.717) is 0 Å². The van der Waals surface area contributed by atoms with E-state index in [1.54, 1.807) is 0 Å². The van der Waals surface area contributed by atoms with E-state index in [4.69, 9.17) is 0 Å². The zero-order chi connectivity index (χ0) is 46.4. The molecule has 0 bridgehead atoms. The van der Waals surface area contributed by atoms with E-state index >= 15 is 0 Å². The lowest BCUT2D eigenvalue weighted by atomic mass is 9.91. The number of hydrogen-bond acceptors (Lipinski definition) is 1. The number of nitrogens with zero attached hydrogens (tertiary/aromatic N) is 2. The van der Waals surface area contributed by atoms with Gasteiger partial charge >= 0.3 is 0 Å². The Morgan fingerprint density at radius 1 is 0.257 bits per heavy atom. The van der Waals surface area contributed by atoms with Crippen LogP contribution in [0.2, 0.25) is 0 Å². The molecule has 2 heteroatoms. The van der Waals surface area contributed by atoms with Gasteiger partial charge in [0.05, 0.1) is 22.4 Å². The maximum atomic E-state index is 2.49. The molecule has 12 aromatic carbocycles. The van der Waals surface area contributed by atoms with Gasteiger partial charge < -0.3 is 9.47 Å². The first-order valence-corrected chi connectivity index (χ1v) is 24.1. The second-order valence-electron chi connectivity index (χ2n) is 18.1. The van der Waals surface area contributed by atoms with Crippen LogP contribution in [0.15, 0.2) is 279 Å². The van der Waals surface area contributed by atoms with E-state index < -0.39 is 0 Å². The largest absolute Gasteiger partial charge is 0.310 e. The monoisotopic (exact) mass is 890 g/mol. The van der Waals surface area contributed by atoms with Crippen molar-refractivity contribution in [3.05, 3.63) is 279 Å². The number of para-hydroxylation sites is 2. The molecule has 70 heavy (non-hydrogen) atoms. The van der Waals surface area contributed by atoms with Crippen molar-refractivity contribution in [2.75, 3.05) is 4.90 Å². The van der Waals surface area contributed by atoms with Gasteiger partial charge in [0, 0.05) is 38.7 Å². The number of rotatable bonds is 9. The molecule has 2 nitrogen and oxygen atoms in total. The first kappa shape index (κ1) is 41.0. The Morgan fingerprint density at radius 3 is 1.57 bits per heavy atom. The van der Waals surface area contributed by atoms with Crippen LogP contribution in [0.4, 0.5) is 17.1 Å². The molecule has 0 aliphatic heterocycles. The highest BCUT2D eigenvalue weighted by atomic mass is 15.1. The Hall–Kier alpha value is -9.24. The van der Waals surface area contributed by atoms with Gasteiger partial charge in [-0.15, -0.1) is 0 Å². The van der Waals surface area contributed by atoms with Gasteiger partial charge in [0.2, 0.25) is 0 Å². The molecule has 13 rings (SSSR count). The fourth-order valence-electron chi connectivity index (χ4n) is 10.6. The number of anilines is 3. The van der Waals surface area contributed by atoms with Gasteiger partial charge in [0.15, 0.2) is 0 Å². The summed E-state index contributed by atoms with van der Waals surface area (Å²) >= 11 is 0. The Morgan fingerprint density at radius 2 is 0.800 bits per heavy atom. The van der Waals surface area contributed by atoms with Gasteiger partial charge in [-0.2, -0.15) is 0 Å². The van der Waals surface area contributed by atoms with Crippen LogP contribution in [0, 0.1) is 0 Å². The van der Waals surface area contributed by atoms with Crippen LogP contribution in [0.3, 0.4) is 0 Å². The van der Waals surface area contributed by atoms with Gasteiger partial charge in [0.1, 0.15) is 0 Å². The Kier molecular flexibility index (Phi) is 10.2. The van der Waals surface area contributed by atoms with Crippen LogP contribution < -0.4 is 4.90 Å². The SMILES string of the molecule is c1ccc(-c2ccc(N(c3ccc(-c4ccccc4-n4c5ccccc5c5ccc6ccccc6c54)c(-c4ccccc4)c3)c3ccc(-c4ccc5ccccc5c4)cc3-c3ccccc3)cc2)cc1. The minimum atomic E-state index is 1.06. The predicted octanol–water partition coefficient (Wildman–Crippen LogP) is 18.9. The highest BCUT2D eigenvalue weighted by molar-refractivity contribution is 6.19. The normalized spacial score (nSPS) is 11.4. The summed E-state index contributed by atoms with van der Waals surface area (Å²) in [6.07, 6.45) is 0. The van der Waals surface area contributed by atoms with E-state index in [2.05, 4.69) is 289 Å². The van der Waals surface area contributed by atoms with Crippen molar-refractivity contribution in [3.63, 3.8) is 0 Å². The molecule has 0 spiro atoms. The first-order valence-electron chi connectivity index (χ1n) is 24.1. The van der Waals surface area contributed by atoms with Crippen molar-refractivity contribution >= 4 is 60.4 Å². The molecule has 0 atom stereocenters. The second kappa shape index (κ2) is 17.4. The molecule has 0 N–H and O–H groups in total. The lowest BCUT2D eigenvalue weighted by Crippen LogP contribution is -2.12. The molecule has 0 saturated carbocycles. The summed E-state index contributed by atoms with van der Waals surface area (Å²) in [7, 11) is 0. The molecule has 0 aliphatic carbocycles. The maximum absolute atomic E-state index is 2.49. The highest BCUT2D eigenvalue weighted by Crippen LogP contribution is 2.47. The quantitative estimate of drug-likeness (QED) is 0.140. The third-order valence-corrected chi connectivity index (χ3v) is 14.0. The van der Waals surface area contributed by atoms with Crippen LogP contribution in [0.25, 0.3) is 105 Å². The van der Waals surface area contributed by atoms with Crippen molar-refractivity contribution in [2.24, 2.45) is 0 Å². The summed E-state index contributed by atoms with van der Waals surface area (Å²) in [4.78, 5) is 2.45. The minimum Gasteiger partial charge on any atom is -0.310 e. The molecule has 0 saturated heterocycles. The van der Waals surface area contributed by atoms with Gasteiger partial charge in [-0.05, 0) is 115 Å². The van der Waals surface area contributed by atoms with Crippen LogP contribution >= 0.6 is 0 Å². The molecule has 13 aromatic rings. The molecule has 0 fully saturated rings. The van der Waals surface area contributed by atoms with Crippen molar-refractivity contribution in [3.8, 4) is 61.3 Å². The van der Waals surface area contributed by atoms with Crippen molar-refractivity contribution in [2.45, 2.75) is 0 Å². The molecule has 1 aromatic heterocycles. The number of aromatic nitrogens is 1. The molecule has 0 unspecified atom stereocenters. The van der Waals surface area contributed by atoms with Crippen LogP contribution in [-0.2, 0) is 0 Å². The third kappa shape index (κ3) is 7.22. The summed E-state index contributed by atoms with van der Waals surface area (Å²) in [5, 5.41) is 7.42. The summed E-state index contributed by atoms with van der Waals surface area (Å²) in [6, 6.07) is 102. The summed E-state index contributed by atoms with van der Waals surface area (Å²) in [6.45, 7) is 0. The molecule has 1 heterocycles. The fourth-order valence-corrected chi connectivity index (χ4v) is 10.6. The molecular formula is C68H46N2. The highest BCUT2D eigenvalue weighted by Gasteiger charge is 2.23. The van der Waals surface area contributed by atoms with Gasteiger partial charge in [-0.3, -0.25) is 0 Å². The van der Waals surface area contributed by atoms with Crippen molar-refractivity contribution in [1.29, 1.82) is 0 Å². The minimum absolute atomic E-state index is 1.06. The lowest BCUT2D eigenvalue weighted by Gasteiger charge is -2.30. The molecular weight excluding hydrogens is 845 g/mol. The van der Waals surface area contributed by atoms with Crippen molar-refractivity contribution < 1.29 is 0 Å². The van der Waals surface area contributed by atoms with Gasteiger partial charge in [0.25, 0.3) is 0 Å². The number of hydrogen-bond donors (Lipinski definition) is 0. The average Bonchev–Trinajstić information content (AvgIpc) is 3.79. The van der Waals surface area contributed by atoms with E-state index in [1.807, 2.05) is 0 Å². The molecule has 0 radical (unpaired) electrons. The van der Waals surface area contributed by atoms with E-state index in [9.17, 15) is 0 Å². The first-order chi connectivity index (χ1) is 34.7. The zero-order valence-electron chi connectivity index (χ0n) is 38.5. The summed E-state index contributed by atoms with van der Waals surface area (Å²) in [5.74, 6) is 0. The van der Waals surface area contributed by atoms with Crippen LogP contribution in [0.1, 0.15) is 0 Å². The van der Waals surface area contributed by atoms with E-state index in [0.717, 1.165) is 56.1 Å². The third-order valence-electron chi connectivity index (χ3n) is 14.0. The molecule has 328 valence electrons. The topological polar surface area (TPSA) is 8.17 Å². The average molecular weight is 891 g/mol. The predicted molar refractivity (Wildman–Crippen MR) is 298 cm³/mol. The zero-order valence-corrected chi connectivity index (χ0v) is 38.5. The lowest BCUT2D eigenvalue weighted by molar-refractivity contribution is 1.19. The summed E-state index contributed by atoms with van der Waals surface area (Å²) in [5.41, 5.74) is 18.4. The van der Waals surface area contributed by atoms with Crippen molar-refractivity contribution in [1.82, 2.24) is 4.57 Å². The number of benzene rings is 12. The van der Waals surface area contributed by atoms with Gasteiger partial charge in [-0.1, -0.05) is 224 Å². The van der Waals surface area contributed by atoms with E-state index in [-0.39, 0.29) is 0 Å². The Bertz CT molecular complexity index is 4040. The van der Waals surface area contributed by atoms with Crippen LogP contribution in [-0.4, -0.2) is 4.57 Å². The maximum Gasteiger partial charge on any atom is 0.0619 e. The van der Waals surface area contributed by atoms with Crippen LogP contribution in [0.5, 0.6) is 0 Å². The fraction of sp³-hybridized carbons (Fsp3) is 0. The Labute approximate surface area is 408 Å². The van der Waals surface area contributed by atoms with E-state index in [1.165, 1.54) is 65.6 Å². The second-order valence-corrected chi connectivity index (χ2v) is 18.1. The smallest absolute Gasteiger partial charge is 0.0619 e.